The van der Waals surface area contributed by atoms with Crippen molar-refractivity contribution in [3.63, 3.8) is 0 Å². The quantitative estimate of drug-likeness (QED) is 0.816. The fourth-order valence-electron chi connectivity index (χ4n) is 2.31. The third kappa shape index (κ3) is 3.18. The van der Waals surface area contributed by atoms with Crippen molar-refractivity contribution in [1.29, 1.82) is 0 Å². The van der Waals surface area contributed by atoms with Gasteiger partial charge in [0.25, 0.3) is 11.8 Å². The number of hydrogen-bond donors (Lipinski definition) is 1. The van der Waals surface area contributed by atoms with E-state index in [1.54, 1.807) is 18.2 Å². The van der Waals surface area contributed by atoms with E-state index in [-0.39, 0.29) is 15.8 Å². The minimum Gasteiger partial charge on any atom is -0.497 e. The summed E-state index contributed by atoms with van der Waals surface area (Å²) in [5.74, 6) is -1.42. The zero-order chi connectivity index (χ0) is 18.1. The standard InChI is InChI=1S/C17H11Cl2FN2O3/c1-25-11-4-2-3-10(8-11)22-16(23)14(19)15(17(22)24)21-9-5-6-13(20)12(18)7-9/h2-8,21H,1H3. The lowest BCUT2D eigenvalue weighted by Crippen LogP contribution is -2.32. The van der Waals surface area contributed by atoms with E-state index in [2.05, 4.69) is 5.32 Å². The summed E-state index contributed by atoms with van der Waals surface area (Å²) in [5.41, 5.74) is 0.534. The molecule has 1 aliphatic rings. The number of anilines is 2. The fourth-order valence-corrected chi connectivity index (χ4v) is 2.71. The van der Waals surface area contributed by atoms with Gasteiger partial charge in [-0.25, -0.2) is 9.29 Å². The van der Waals surface area contributed by atoms with Crippen molar-refractivity contribution in [2.75, 3.05) is 17.3 Å². The van der Waals surface area contributed by atoms with Crippen LogP contribution in [0.5, 0.6) is 5.75 Å². The van der Waals surface area contributed by atoms with Crippen molar-refractivity contribution >= 4 is 46.4 Å². The Balaban J connectivity index is 1.92. The first-order chi connectivity index (χ1) is 11.9. The Kier molecular flexibility index (Phi) is 4.65. The van der Waals surface area contributed by atoms with Crippen LogP contribution in [-0.2, 0) is 9.59 Å². The van der Waals surface area contributed by atoms with E-state index in [4.69, 9.17) is 27.9 Å². The van der Waals surface area contributed by atoms with Gasteiger partial charge in [0.2, 0.25) is 0 Å². The van der Waals surface area contributed by atoms with E-state index in [0.717, 1.165) is 11.0 Å². The van der Waals surface area contributed by atoms with Crippen LogP contribution in [-0.4, -0.2) is 18.9 Å². The maximum Gasteiger partial charge on any atom is 0.283 e. The van der Waals surface area contributed by atoms with Crippen LogP contribution in [0.1, 0.15) is 0 Å². The molecule has 25 heavy (non-hydrogen) atoms. The molecule has 2 aromatic rings. The number of halogens is 3. The average Bonchev–Trinajstić information content (AvgIpc) is 2.81. The number of nitrogens with one attached hydrogen (secondary N) is 1. The number of benzene rings is 2. The predicted octanol–water partition coefficient (Wildman–Crippen LogP) is 3.92. The maximum atomic E-state index is 13.2. The Morgan fingerprint density at radius 3 is 2.52 bits per heavy atom. The molecule has 1 N–H and O–H groups in total. The Morgan fingerprint density at radius 2 is 1.84 bits per heavy atom. The first-order valence-corrected chi connectivity index (χ1v) is 7.82. The molecule has 128 valence electrons. The van der Waals surface area contributed by atoms with Crippen molar-refractivity contribution in [1.82, 2.24) is 0 Å². The van der Waals surface area contributed by atoms with Crippen molar-refractivity contribution in [2.45, 2.75) is 0 Å². The molecule has 2 aromatic carbocycles. The van der Waals surface area contributed by atoms with Crippen LogP contribution in [0.25, 0.3) is 0 Å². The highest BCUT2D eigenvalue weighted by molar-refractivity contribution is 6.53. The van der Waals surface area contributed by atoms with E-state index < -0.39 is 17.6 Å². The number of methoxy groups -OCH3 is 1. The van der Waals surface area contributed by atoms with Crippen molar-refractivity contribution in [3.05, 3.63) is 64.0 Å². The summed E-state index contributed by atoms with van der Waals surface area (Å²) in [6, 6.07) is 10.3. The number of hydrogen-bond acceptors (Lipinski definition) is 4. The van der Waals surface area contributed by atoms with Gasteiger partial charge in [-0.3, -0.25) is 9.59 Å². The molecule has 1 aliphatic heterocycles. The molecular weight excluding hydrogens is 370 g/mol. The number of carbonyl (C=O) groups is 2. The second kappa shape index (κ2) is 6.74. The summed E-state index contributed by atoms with van der Waals surface area (Å²) >= 11 is 11.7. The van der Waals surface area contributed by atoms with Gasteiger partial charge in [0.15, 0.2) is 0 Å². The average molecular weight is 381 g/mol. The van der Waals surface area contributed by atoms with E-state index in [9.17, 15) is 14.0 Å². The van der Waals surface area contributed by atoms with E-state index in [0.29, 0.717) is 17.1 Å². The number of rotatable bonds is 4. The van der Waals surface area contributed by atoms with Crippen LogP contribution in [0.4, 0.5) is 15.8 Å². The minimum atomic E-state index is -0.671. The molecule has 0 saturated carbocycles. The Hall–Kier alpha value is -2.57. The van der Waals surface area contributed by atoms with Crippen LogP contribution >= 0.6 is 23.2 Å². The molecule has 0 atom stereocenters. The number of nitrogens with zero attached hydrogens (tertiary/aromatic N) is 1. The zero-order valence-corrected chi connectivity index (χ0v) is 14.4. The van der Waals surface area contributed by atoms with E-state index in [1.165, 1.54) is 25.3 Å². The second-order valence-electron chi connectivity index (χ2n) is 5.09. The maximum absolute atomic E-state index is 13.2. The summed E-state index contributed by atoms with van der Waals surface area (Å²) in [4.78, 5) is 25.9. The van der Waals surface area contributed by atoms with Gasteiger partial charge < -0.3 is 10.1 Å². The molecule has 0 bridgehead atoms. The smallest absolute Gasteiger partial charge is 0.283 e. The molecular formula is C17H11Cl2FN2O3. The lowest BCUT2D eigenvalue weighted by molar-refractivity contribution is -0.120. The molecule has 3 rings (SSSR count). The van der Waals surface area contributed by atoms with Crippen molar-refractivity contribution in [3.8, 4) is 5.75 Å². The largest absolute Gasteiger partial charge is 0.497 e. The molecule has 0 aliphatic carbocycles. The highest BCUT2D eigenvalue weighted by Crippen LogP contribution is 2.32. The molecule has 0 spiro atoms. The Labute approximate surface area is 152 Å². The van der Waals surface area contributed by atoms with Gasteiger partial charge in [-0.15, -0.1) is 0 Å². The Morgan fingerprint density at radius 1 is 1.08 bits per heavy atom. The van der Waals surface area contributed by atoms with Crippen LogP contribution in [0.15, 0.2) is 53.2 Å². The zero-order valence-electron chi connectivity index (χ0n) is 12.8. The van der Waals surface area contributed by atoms with E-state index in [1.807, 2.05) is 0 Å². The van der Waals surface area contributed by atoms with Crippen LogP contribution < -0.4 is 15.0 Å². The number of amides is 2. The van der Waals surface area contributed by atoms with Gasteiger partial charge in [0.05, 0.1) is 17.8 Å². The first-order valence-electron chi connectivity index (χ1n) is 7.07. The highest BCUT2D eigenvalue weighted by Gasteiger charge is 2.39. The molecule has 1 heterocycles. The number of carbonyl (C=O) groups excluding carboxylic acids is 2. The summed E-state index contributed by atoms with van der Waals surface area (Å²) in [6.07, 6.45) is 0. The molecule has 0 fully saturated rings. The molecule has 0 unspecified atom stereocenters. The number of imide groups is 1. The summed E-state index contributed by atoms with van der Waals surface area (Å²) in [7, 11) is 1.48. The second-order valence-corrected chi connectivity index (χ2v) is 5.88. The molecule has 0 radical (unpaired) electrons. The third-order valence-corrected chi connectivity index (χ3v) is 4.17. The molecule has 2 amide bonds. The molecule has 5 nitrogen and oxygen atoms in total. The highest BCUT2D eigenvalue weighted by atomic mass is 35.5. The fraction of sp³-hybridized carbons (Fsp3) is 0.0588. The van der Waals surface area contributed by atoms with Crippen molar-refractivity contribution < 1.29 is 18.7 Å². The topological polar surface area (TPSA) is 58.6 Å². The monoisotopic (exact) mass is 380 g/mol. The van der Waals surface area contributed by atoms with Crippen LogP contribution in [0.2, 0.25) is 5.02 Å². The van der Waals surface area contributed by atoms with Gasteiger partial charge in [-0.2, -0.15) is 0 Å². The van der Waals surface area contributed by atoms with Crippen molar-refractivity contribution in [2.24, 2.45) is 0 Å². The van der Waals surface area contributed by atoms with Gasteiger partial charge in [0, 0.05) is 11.8 Å². The predicted molar refractivity (Wildman–Crippen MR) is 93.4 cm³/mol. The summed E-state index contributed by atoms with van der Waals surface area (Å²) in [6.45, 7) is 0. The minimum absolute atomic E-state index is 0.114. The lowest BCUT2D eigenvalue weighted by Gasteiger charge is -2.16. The SMILES string of the molecule is COc1cccc(N2C(=O)C(Cl)=C(Nc3ccc(F)c(Cl)c3)C2=O)c1. The van der Waals surface area contributed by atoms with Crippen LogP contribution in [0.3, 0.4) is 0 Å². The lowest BCUT2D eigenvalue weighted by atomic mass is 10.2. The number of ether oxygens (including phenoxy) is 1. The molecule has 0 saturated heterocycles. The normalized spacial score (nSPS) is 14.3. The van der Waals surface area contributed by atoms with E-state index >= 15 is 0 Å². The van der Waals surface area contributed by atoms with Crippen LogP contribution in [0, 0.1) is 5.82 Å². The van der Waals surface area contributed by atoms with Gasteiger partial charge in [-0.05, 0) is 30.3 Å². The Bertz CT molecular complexity index is 915. The molecule has 8 heteroatoms. The summed E-state index contributed by atoms with van der Waals surface area (Å²) in [5, 5.41) is 2.33. The third-order valence-electron chi connectivity index (χ3n) is 3.53. The van der Waals surface area contributed by atoms with Gasteiger partial charge in [-0.1, -0.05) is 29.3 Å². The van der Waals surface area contributed by atoms with Gasteiger partial charge >= 0.3 is 0 Å². The van der Waals surface area contributed by atoms with Gasteiger partial charge in [0.1, 0.15) is 22.3 Å². The summed E-state index contributed by atoms with van der Waals surface area (Å²) < 4.78 is 18.3. The first kappa shape index (κ1) is 17.3. The molecule has 0 aromatic heterocycles.